The smallest absolute Gasteiger partial charge is 0.233 e. The Labute approximate surface area is 176 Å². The van der Waals surface area contributed by atoms with Gasteiger partial charge in [-0.2, -0.15) is 0 Å². The largest absolute Gasteiger partial charge is 0.374 e. The first-order valence-corrected chi connectivity index (χ1v) is 11.4. The van der Waals surface area contributed by atoms with Crippen molar-refractivity contribution in [3.8, 4) is 0 Å². The van der Waals surface area contributed by atoms with Gasteiger partial charge in [-0.1, -0.05) is 61.0 Å². The number of rotatable bonds is 7. The molecule has 1 aromatic carbocycles. The molecule has 2 unspecified atom stereocenters. The minimum absolute atomic E-state index is 0.174. The van der Waals surface area contributed by atoms with Crippen molar-refractivity contribution in [2.45, 2.75) is 56.0 Å². The molecule has 2 fully saturated rings. The quantitative estimate of drug-likeness (QED) is 0.516. The molecule has 7 heteroatoms. The molecule has 29 heavy (non-hydrogen) atoms. The predicted octanol–water partition coefficient (Wildman–Crippen LogP) is 3.32. The van der Waals surface area contributed by atoms with Crippen molar-refractivity contribution in [3.63, 3.8) is 0 Å². The van der Waals surface area contributed by atoms with Crippen LogP contribution in [0.2, 0.25) is 0 Å². The van der Waals surface area contributed by atoms with Gasteiger partial charge >= 0.3 is 0 Å². The SMILES string of the molecule is C=CCn1c(Cc2ccccc2)nnc1SCC(=O)N1CCOC2CCCCC21. The standard InChI is InChI=1S/C22H28N4O2S/c1-2-12-26-20(15-17-8-4-3-5-9-17)23-24-22(26)29-16-21(27)25-13-14-28-19-11-7-6-10-18(19)25/h2-5,8-9,18-19H,1,6-7,10-16H2. The van der Waals surface area contributed by atoms with Crippen molar-refractivity contribution in [2.24, 2.45) is 0 Å². The van der Waals surface area contributed by atoms with E-state index in [0.717, 1.165) is 23.8 Å². The molecular formula is C22H28N4O2S. The lowest BCUT2D eigenvalue weighted by molar-refractivity contribution is -0.146. The first-order chi connectivity index (χ1) is 14.3. The van der Waals surface area contributed by atoms with Crippen molar-refractivity contribution in [1.82, 2.24) is 19.7 Å². The van der Waals surface area contributed by atoms with E-state index in [1.165, 1.54) is 30.2 Å². The molecule has 2 aromatic rings. The topological polar surface area (TPSA) is 60.2 Å². The maximum atomic E-state index is 13.0. The molecule has 2 aliphatic rings. The lowest BCUT2D eigenvalue weighted by atomic mass is 9.90. The number of carbonyl (C=O) groups is 1. The Hall–Kier alpha value is -2.12. The Morgan fingerprint density at radius 2 is 2.07 bits per heavy atom. The van der Waals surface area contributed by atoms with Crippen LogP contribution in [0.3, 0.4) is 0 Å². The van der Waals surface area contributed by atoms with Gasteiger partial charge in [0.25, 0.3) is 0 Å². The highest BCUT2D eigenvalue weighted by molar-refractivity contribution is 7.99. The number of morpholine rings is 1. The summed E-state index contributed by atoms with van der Waals surface area (Å²) in [6, 6.07) is 10.5. The Kier molecular flexibility index (Phi) is 6.67. The third-order valence-corrected chi connectivity index (χ3v) is 6.64. The second kappa shape index (κ2) is 9.59. The van der Waals surface area contributed by atoms with Crippen LogP contribution < -0.4 is 0 Å². The molecule has 1 aliphatic carbocycles. The number of amides is 1. The molecule has 0 spiro atoms. The Bertz CT molecular complexity index is 837. The van der Waals surface area contributed by atoms with Crippen LogP contribution in [0.4, 0.5) is 0 Å². The van der Waals surface area contributed by atoms with E-state index in [9.17, 15) is 4.79 Å². The summed E-state index contributed by atoms with van der Waals surface area (Å²) in [5.41, 5.74) is 1.19. The molecule has 0 bridgehead atoms. The number of thioether (sulfide) groups is 1. The van der Waals surface area contributed by atoms with Crippen molar-refractivity contribution < 1.29 is 9.53 Å². The summed E-state index contributed by atoms with van der Waals surface area (Å²) >= 11 is 1.47. The zero-order chi connectivity index (χ0) is 20.1. The van der Waals surface area contributed by atoms with E-state index in [-0.39, 0.29) is 18.1 Å². The van der Waals surface area contributed by atoms with Crippen LogP contribution in [-0.4, -0.2) is 56.6 Å². The first kappa shape index (κ1) is 20.2. The fraction of sp³-hybridized carbons (Fsp3) is 0.500. The van der Waals surface area contributed by atoms with Crippen LogP contribution in [-0.2, 0) is 22.5 Å². The summed E-state index contributed by atoms with van der Waals surface area (Å²) in [7, 11) is 0. The zero-order valence-electron chi connectivity index (χ0n) is 16.7. The average molecular weight is 413 g/mol. The summed E-state index contributed by atoms with van der Waals surface area (Å²) in [5, 5.41) is 9.52. The summed E-state index contributed by atoms with van der Waals surface area (Å²) in [4.78, 5) is 15.0. The molecule has 154 valence electrons. The lowest BCUT2D eigenvalue weighted by Crippen LogP contribution is -2.55. The zero-order valence-corrected chi connectivity index (χ0v) is 17.5. The Balaban J connectivity index is 1.42. The first-order valence-electron chi connectivity index (χ1n) is 10.4. The second-order valence-corrected chi connectivity index (χ2v) is 8.54. The van der Waals surface area contributed by atoms with Crippen LogP contribution in [0, 0.1) is 0 Å². The van der Waals surface area contributed by atoms with Gasteiger partial charge in [-0.3, -0.25) is 4.79 Å². The number of benzene rings is 1. The third-order valence-electron chi connectivity index (χ3n) is 5.69. The fourth-order valence-electron chi connectivity index (χ4n) is 4.26. The van der Waals surface area contributed by atoms with Gasteiger partial charge in [0.15, 0.2) is 5.16 Å². The highest BCUT2D eigenvalue weighted by Crippen LogP contribution is 2.29. The maximum absolute atomic E-state index is 13.0. The number of aromatic nitrogens is 3. The molecule has 2 atom stereocenters. The van der Waals surface area contributed by atoms with E-state index >= 15 is 0 Å². The molecule has 1 amide bonds. The van der Waals surface area contributed by atoms with E-state index in [2.05, 4.69) is 33.5 Å². The van der Waals surface area contributed by atoms with Crippen molar-refractivity contribution in [1.29, 1.82) is 0 Å². The molecule has 1 aliphatic heterocycles. The summed E-state index contributed by atoms with van der Waals surface area (Å²) in [5.74, 6) is 1.45. The molecule has 4 rings (SSSR count). The van der Waals surface area contributed by atoms with Crippen molar-refractivity contribution in [2.75, 3.05) is 18.9 Å². The minimum atomic E-state index is 0.174. The van der Waals surface area contributed by atoms with Gasteiger partial charge in [-0.05, 0) is 18.4 Å². The minimum Gasteiger partial charge on any atom is -0.374 e. The summed E-state index contributed by atoms with van der Waals surface area (Å²) in [6.07, 6.45) is 7.27. The Morgan fingerprint density at radius 1 is 1.24 bits per heavy atom. The van der Waals surface area contributed by atoms with Crippen LogP contribution in [0.25, 0.3) is 0 Å². The van der Waals surface area contributed by atoms with Crippen LogP contribution in [0.1, 0.15) is 37.1 Å². The number of hydrogen-bond donors (Lipinski definition) is 0. The van der Waals surface area contributed by atoms with E-state index in [1.54, 1.807) is 0 Å². The molecular weight excluding hydrogens is 384 g/mol. The van der Waals surface area contributed by atoms with Gasteiger partial charge in [0.1, 0.15) is 5.82 Å². The normalized spacial score (nSPS) is 21.6. The number of nitrogens with zero attached hydrogens (tertiary/aromatic N) is 4. The number of carbonyl (C=O) groups excluding carboxylic acids is 1. The highest BCUT2D eigenvalue weighted by atomic mass is 32.2. The number of allylic oxidation sites excluding steroid dienone is 1. The second-order valence-electron chi connectivity index (χ2n) is 7.60. The predicted molar refractivity (Wildman–Crippen MR) is 114 cm³/mol. The van der Waals surface area contributed by atoms with Gasteiger partial charge < -0.3 is 14.2 Å². The van der Waals surface area contributed by atoms with E-state index < -0.39 is 0 Å². The maximum Gasteiger partial charge on any atom is 0.233 e. The molecule has 0 N–H and O–H groups in total. The van der Waals surface area contributed by atoms with Crippen LogP contribution >= 0.6 is 11.8 Å². The van der Waals surface area contributed by atoms with Crippen molar-refractivity contribution >= 4 is 17.7 Å². The lowest BCUT2D eigenvalue weighted by Gasteiger charge is -2.43. The number of ether oxygens (including phenoxy) is 1. The van der Waals surface area contributed by atoms with Gasteiger partial charge in [0.2, 0.25) is 5.91 Å². The number of fused-ring (bicyclic) bond motifs is 1. The molecule has 6 nitrogen and oxygen atoms in total. The summed E-state index contributed by atoms with van der Waals surface area (Å²) < 4.78 is 7.95. The number of hydrogen-bond acceptors (Lipinski definition) is 5. The van der Waals surface area contributed by atoms with E-state index in [0.29, 0.717) is 31.9 Å². The van der Waals surface area contributed by atoms with Gasteiger partial charge in [-0.25, -0.2) is 0 Å². The molecule has 1 saturated carbocycles. The molecule has 0 radical (unpaired) electrons. The molecule has 1 saturated heterocycles. The summed E-state index contributed by atoms with van der Waals surface area (Å²) in [6.45, 7) is 5.83. The fourth-order valence-corrected chi connectivity index (χ4v) is 5.12. The molecule has 1 aromatic heterocycles. The van der Waals surface area contributed by atoms with Gasteiger partial charge in [-0.15, -0.1) is 16.8 Å². The molecule has 2 heterocycles. The van der Waals surface area contributed by atoms with Gasteiger partial charge in [0.05, 0.1) is 24.5 Å². The monoisotopic (exact) mass is 412 g/mol. The van der Waals surface area contributed by atoms with Gasteiger partial charge in [0, 0.05) is 19.5 Å². The third kappa shape index (κ3) is 4.73. The van der Waals surface area contributed by atoms with Crippen LogP contribution in [0.15, 0.2) is 48.1 Å². The Morgan fingerprint density at radius 3 is 2.90 bits per heavy atom. The van der Waals surface area contributed by atoms with Crippen molar-refractivity contribution in [3.05, 3.63) is 54.4 Å². The highest BCUT2D eigenvalue weighted by Gasteiger charge is 2.36. The average Bonchev–Trinajstić information content (AvgIpc) is 3.14. The van der Waals surface area contributed by atoms with Crippen LogP contribution in [0.5, 0.6) is 0 Å². The van der Waals surface area contributed by atoms with E-state index in [4.69, 9.17) is 4.74 Å². The van der Waals surface area contributed by atoms with E-state index in [1.807, 2.05) is 29.2 Å².